The molecule has 0 bridgehead atoms. The average Bonchev–Trinajstić information content (AvgIpc) is 2.52. The number of rotatable bonds is 4. The Bertz CT molecular complexity index is 633. The summed E-state index contributed by atoms with van der Waals surface area (Å²) in [4.78, 5) is 14.3. The van der Waals surface area contributed by atoms with Crippen molar-refractivity contribution >= 4 is 17.3 Å². The summed E-state index contributed by atoms with van der Waals surface area (Å²) in [5.41, 5.74) is 7.44. The van der Waals surface area contributed by atoms with Gasteiger partial charge in [0, 0.05) is 18.4 Å². The van der Waals surface area contributed by atoms with E-state index in [9.17, 15) is 4.79 Å². The first kappa shape index (κ1) is 14.7. The molecule has 0 atom stereocenters. The van der Waals surface area contributed by atoms with Crippen molar-refractivity contribution in [1.29, 1.82) is 0 Å². The Balaban J connectivity index is 2.44. The summed E-state index contributed by atoms with van der Waals surface area (Å²) in [6.07, 6.45) is 0. The highest BCUT2D eigenvalue weighted by Crippen LogP contribution is 2.30. The lowest BCUT2D eigenvalue weighted by Crippen LogP contribution is -2.27. The minimum atomic E-state index is -0.227. The molecule has 21 heavy (non-hydrogen) atoms. The summed E-state index contributed by atoms with van der Waals surface area (Å²) in [7, 11) is 4.72. The molecule has 0 fully saturated rings. The number of benzene rings is 2. The summed E-state index contributed by atoms with van der Waals surface area (Å²) in [6.45, 7) is 0. The first-order valence-electron chi connectivity index (χ1n) is 6.43. The van der Waals surface area contributed by atoms with Crippen molar-refractivity contribution in [2.45, 2.75) is 0 Å². The Hall–Kier alpha value is -2.69. The number of anilines is 2. The number of nitrogens with two attached hydrogens (primary N) is 1. The Morgan fingerprint density at radius 2 is 1.62 bits per heavy atom. The number of amides is 1. The van der Waals surface area contributed by atoms with Crippen LogP contribution in [0.4, 0.5) is 11.4 Å². The fraction of sp³-hybridized carbons (Fsp3) is 0.188. The molecule has 0 aliphatic carbocycles. The van der Waals surface area contributed by atoms with E-state index in [1.54, 1.807) is 43.4 Å². The Morgan fingerprint density at radius 1 is 1.05 bits per heavy atom. The van der Waals surface area contributed by atoms with Crippen LogP contribution in [0, 0.1) is 0 Å². The first-order chi connectivity index (χ1) is 10.1. The van der Waals surface area contributed by atoms with Crippen LogP contribution in [0.3, 0.4) is 0 Å². The lowest BCUT2D eigenvalue weighted by atomic mass is 10.1. The fourth-order valence-corrected chi connectivity index (χ4v) is 2.08. The monoisotopic (exact) mass is 286 g/mol. The Morgan fingerprint density at radius 3 is 2.14 bits per heavy atom. The van der Waals surface area contributed by atoms with Crippen LogP contribution in [0.15, 0.2) is 42.5 Å². The normalized spacial score (nSPS) is 10.0. The number of hydrogen-bond donors (Lipinski definition) is 1. The number of methoxy groups -OCH3 is 2. The maximum Gasteiger partial charge on any atom is 0.265 e. The lowest BCUT2D eigenvalue weighted by molar-refractivity contribution is 0.0987. The molecule has 0 radical (unpaired) electrons. The van der Waals surface area contributed by atoms with E-state index < -0.39 is 0 Å². The van der Waals surface area contributed by atoms with Crippen molar-refractivity contribution in [1.82, 2.24) is 0 Å². The van der Waals surface area contributed by atoms with E-state index in [2.05, 4.69) is 0 Å². The van der Waals surface area contributed by atoms with Crippen molar-refractivity contribution in [2.75, 3.05) is 31.9 Å². The van der Waals surface area contributed by atoms with Crippen LogP contribution in [0.25, 0.3) is 0 Å². The van der Waals surface area contributed by atoms with E-state index in [-0.39, 0.29) is 5.91 Å². The molecule has 0 saturated heterocycles. The van der Waals surface area contributed by atoms with Gasteiger partial charge in [-0.2, -0.15) is 0 Å². The zero-order chi connectivity index (χ0) is 15.4. The van der Waals surface area contributed by atoms with E-state index in [1.165, 1.54) is 19.1 Å². The SMILES string of the molecule is COc1cccc(OC)c1C(=O)N(C)c1cccc(N)c1. The number of hydrogen-bond acceptors (Lipinski definition) is 4. The molecule has 0 heterocycles. The van der Waals surface area contributed by atoms with Gasteiger partial charge in [0.1, 0.15) is 17.1 Å². The van der Waals surface area contributed by atoms with Gasteiger partial charge in [0.15, 0.2) is 0 Å². The predicted octanol–water partition coefficient (Wildman–Crippen LogP) is 2.56. The molecule has 2 rings (SSSR count). The van der Waals surface area contributed by atoms with E-state index in [4.69, 9.17) is 15.2 Å². The highest BCUT2D eigenvalue weighted by molar-refractivity contribution is 6.09. The minimum absolute atomic E-state index is 0.227. The van der Waals surface area contributed by atoms with E-state index in [0.717, 1.165) is 0 Å². The third kappa shape index (κ3) is 2.91. The second-order valence-electron chi connectivity index (χ2n) is 4.50. The molecule has 0 aliphatic heterocycles. The van der Waals surface area contributed by atoms with Gasteiger partial charge in [0.25, 0.3) is 5.91 Å². The van der Waals surface area contributed by atoms with Crippen LogP contribution in [0.5, 0.6) is 11.5 Å². The van der Waals surface area contributed by atoms with Crippen molar-refractivity contribution in [3.05, 3.63) is 48.0 Å². The van der Waals surface area contributed by atoms with E-state index in [0.29, 0.717) is 28.4 Å². The molecule has 0 saturated carbocycles. The molecule has 2 N–H and O–H groups in total. The molecular weight excluding hydrogens is 268 g/mol. The second-order valence-corrected chi connectivity index (χ2v) is 4.50. The second kappa shape index (κ2) is 6.17. The molecule has 0 aliphatic rings. The molecule has 110 valence electrons. The molecule has 5 nitrogen and oxygen atoms in total. The molecular formula is C16H18N2O3. The summed E-state index contributed by atoms with van der Waals surface area (Å²) < 4.78 is 10.5. The zero-order valence-corrected chi connectivity index (χ0v) is 12.3. The lowest BCUT2D eigenvalue weighted by Gasteiger charge is -2.20. The largest absolute Gasteiger partial charge is 0.496 e. The van der Waals surface area contributed by atoms with Gasteiger partial charge in [0.2, 0.25) is 0 Å². The molecule has 1 amide bonds. The van der Waals surface area contributed by atoms with E-state index in [1.807, 2.05) is 6.07 Å². The van der Waals surface area contributed by atoms with Gasteiger partial charge >= 0.3 is 0 Å². The quantitative estimate of drug-likeness (QED) is 0.877. The molecule has 2 aromatic rings. The third-order valence-corrected chi connectivity index (χ3v) is 3.20. The van der Waals surface area contributed by atoms with Crippen LogP contribution in [0.2, 0.25) is 0 Å². The van der Waals surface area contributed by atoms with Crippen LogP contribution in [-0.4, -0.2) is 27.2 Å². The predicted molar refractivity (Wildman–Crippen MR) is 83.1 cm³/mol. The van der Waals surface area contributed by atoms with Crippen LogP contribution in [0.1, 0.15) is 10.4 Å². The number of ether oxygens (including phenoxy) is 2. The zero-order valence-electron chi connectivity index (χ0n) is 12.3. The summed E-state index contributed by atoms with van der Waals surface area (Å²) in [6, 6.07) is 12.3. The van der Waals surface area contributed by atoms with Gasteiger partial charge in [-0.05, 0) is 30.3 Å². The van der Waals surface area contributed by atoms with Gasteiger partial charge in [-0.1, -0.05) is 12.1 Å². The number of carbonyl (C=O) groups excluding carboxylic acids is 1. The topological polar surface area (TPSA) is 64.8 Å². The number of carbonyl (C=O) groups is 1. The summed E-state index contributed by atoms with van der Waals surface area (Å²) in [5.74, 6) is 0.708. The van der Waals surface area contributed by atoms with Gasteiger partial charge in [-0.15, -0.1) is 0 Å². The third-order valence-electron chi connectivity index (χ3n) is 3.20. The maximum absolute atomic E-state index is 12.7. The van der Waals surface area contributed by atoms with Crippen molar-refractivity contribution < 1.29 is 14.3 Å². The number of nitrogen functional groups attached to an aromatic ring is 1. The highest BCUT2D eigenvalue weighted by atomic mass is 16.5. The van der Waals surface area contributed by atoms with Gasteiger partial charge in [0.05, 0.1) is 14.2 Å². The smallest absolute Gasteiger partial charge is 0.265 e. The molecule has 0 unspecified atom stereocenters. The number of nitrogens with zero attached hydrogens (tertiary/aromatic N) is 1. The minimum Gasteiger partial charge on any atom is -0.496 e. The molecule has 0 aromatic heterocycles. The molecule has 0 spiro atoms. The molecule has 2 aromatic carbocycles. The van der Waals surface area contributed by atoms with E-state index >= 15 is 0 Å². The Labute approximate surface area is 123 Å². The van der Waals surface area contributed by atoms with Crippen LogP contribution in [-0.2, 0) is 0 Å². The standard InChI is InChI=1S/C16H18N2O3/c1-18(12-7-4-6-11(17)10-12)16(19)15-13(20-2)8-5-9-14(15)21-3/h4-10H,17H2,1-3H3. The highest BCUT2D eigenvalue weighted by Gasteiger charge is 2.22. The summed E-state index contributed by atoms with van der Waals surface area (Å²) in [5, 5.41) is 0. The van der Waals surface area contributed by atoms with Crippen LogP contribution >= 0.6 is 0 Å². The summed E-state index contributed by atoms with van der Waals surface area (Å²) >= 11 is 0. The fourth-order valence-electron chi connectivity index (χ4n) is 2.08. The van der Waals surface area contributed by atoms with Crippen molar-refractivity contribution in [3.8, 4) is 11.5 Å². The van der Waals surface area contributed by atoms with Crippen molar-refractivity contribution in [2.24, 2.45) is 0 Å². The van der Waals surface area contributed by atoms with Crippen molar-refractivity contribution in [3.63, 3.8) is 0 Å². The van der Waals surface area contributed by atoms with Crippen LogP contribution < -0.4 is 20.1 Å². The average molecular weight is 286 g/mol. The molecule has 5 heteroatoms. The van der Waals surface area contributed by atoms with Gasteiger partial charge in [-0.3, -0.25) is 4.79 Å². The van der Waals surface area contributed by atoms with Gasteiger partial charge in [-0.25, -0.2) is 0 Å². The first-order valence-corrected chi connectivity index (χ1v) is 6.43. The van der Waals surface area contributed by atoms with Gasteiger partial charge < -0.3 is 20.1 Å². The Kier molecular flexibility index (Phi) is 4.33. The maximum atomic E-state index is 12.7.